The van der Waals surface area contributed by atoms with Crippen LogP contribution in [0.1, 0.15) is 151 Å². The van der Waals surface area contributed by atoms with Crippen LogP contribution in [-0.2, 0) is 9.53 Å². The first-order valence-corrected chi connectivity index (χ1v) is 16.5. The number of hydrogen-bond donors (Lipinski definition) is 2. The lowest BCUT2D eigenvalue weighted by molar-refractivity contribution is -0.116. The largest absolute Gasteiger partial charge is 0.375 e. The van der Waals surface area contributed by atoms with Crippen LogP contribution in [0.4, 0.5) is 4.79 Å². The van der Waals surface area contributed by atoms with Gasteiger partial charge in [0.1, 0.15) is 0 Å². The molecule has 1 unspecified atom stereocenters. The summed E-state index contributed by atoms with van der Waals surface area (Å²) < 4.78 is 6.19. The Morgan fingerprint density at radius 3 is 2.21 bits per heavy atom. The highest BCUT2D eigenvalue weighted by Gasteiger charge is 2.25. The van der Waals surface area contributed by atoms with E-state index in [2.05, 4.69) is 58.3 Å². The number of hydrogen-bond acceptors (Lipinski definition) is 3. The summed E-state index contributed by atoms with van der Waals surface area (Å²) >= 11 is 0. The van der Waals surface area contributed by atoms with E-state index in [4.69, 9.17) is 4.74 Å². The van der Waals surface area contributed by atoms with Gasteiger partial charge in [-0.3, -0.25) is 9.59 Å². The first-order chi connectivity index (χ1) is 18.6. The van der Waals surface area contributed by atoms with Gasteiger partial charge >= 0.3 is 0 Å². The van der Waals surface area contributed by atoms with Crippen LogP contribution in [-0.4, -0.2) is 43.3 Å². The molecule has 0 spiro atoms. The Hall–Kier alpha value is -1.30. The molecule has 0 aromatic carbocycles. The first-order valence-electron chi connectivity index (χ1n) is 16.5. The molecule has 0 radical (unpaired) electrons. The number of allylic oxidation sites excluding steroid dienone is 1. The molecule has 1 saturated carbocycles. The Balaban J connectivity index is 2.28. The van der Waals surface area contributed by atoms with E-state index in [1.165, 1.54) is 89.9 Å². The summed E-state index contributed by atoms with van der Waals surface area (Å²) in [5, 5.41) is 6.29. The van der Waals surface area contributed by atoms with E-state index in [0.717, 1.165) is 19.3 Å². The van der Waals surface area contributed by atoms with E-state index in [-0.39, 0.29) is 22.9 Å². The lowest BCUT2D eigenvalue weighted by Crippen LogP contribution is -2.46. The molecule has 1 aliphatic carbocycles. The van der Waals surface area contributed by atoms with Crippen LogP contribution in [0, 0.1) is 5.92 Å². The number of carbonyl (C=O) groups excluding carboxylic acids is 2. The van der Waals surface area contributed by atoms with E-state index in [0.29, 0.717) is 32.2 Å². The van der Waals surface area contributed by atoms with Gasteiger partial charge in [-0.1, -0.05) is 109 Å². The summed E-state index contributed by atoms with van der Waals surface area (Å²) in [6.07, 6.45) is 24.3. The van der Waals surface area contributed by atoms with Gasteiger partial charge < -0.3 is 15.4 Å². The minimum atomic E-state index is -0.334. The van der Waals surface area contributed by atoms with Crippen LogP contribution in [0.15, 0.2) is 12.2 Å². The summed E-state index contributed by atoms with van der Waals surface area (Å²) in [4.78, 5) is 25.1. The zero-order chi connectivity index (χ0) is 29.0. The fourth-order valence-corrected chi connectivity index (χ4v) is 5.55. The summed E-state index contributed by atoms with van der Waals surface area (Å²) in [6.45, 7) is 13.9. The Morgan fingerprint density at radius 1 is 0.923 bits per heavy atom. The van der Waals surface area contributed by atoms with Crippen molar-refractivity contribution in [3.05, 3.63) is 12.2 Å². The van der Waals surface area contributed by atoms with Gasteiger partial charge in [-0.2, -0.15) is 0 Å². The number of amides is 2. The highest BCUT2D eigenvalue weighted by molar-refractivity contribution is 6.74. The third kappa shape index (κ3) is 19.4. The smallest absolute Gasteiger partial charge is 0.243 e. The SMILES string of the molecule is CCCCCCCC(/C=C/C(=O)NCCC(C)(C)OCCC(C)(C)NC(=O)BC1CCCCCCCC1)CC. The number of ether oxygens (including phenoxy) is 1. The van der Waals surface area contributed by atoms with E-state index in [1.807, 2.05) is 0 Å². The number of nitrogens with one attached hydrogen (secondary N) is 2. The maximum atomic E-state index is 12.8. The quantitative estimate of drug-likeness (QED) is 0.0970. The maximum absolute atomic E-state index is 12.8. The molecule has 0 bridgehead atoms. The van der Waals surface area contributed by atoms with Crippen molar-refractivity contribution < 1.29 is 14.3 Å². The second-order valence-corrected chi connectivity index (χ2v) is 13.3. The summed E-state index contributed by atoms with van der Waals surface area (Å²) in [5.41, 5.74) is -0.630. The number of carbonyl (C=O) groups is 2. The molecule has 226 valence electrons. The Bertz CT molecular complexity index is 682. The third-order valence-electron chi connectivity index (χ3n) is 8.40. The monoisotopic (exact) mass is 546 g/mol. The highest BCUT2D eigenvalue weighted by atomic mass is 16.5. The topological polar surface area (TPSA) is 67.4 Å². The Kier molecular flexibility index (Phi) is 18.8. The minimum Gasteiger partial charge on any atom is -0.375 e. The summed E-state index contributed by atoms with van der Waals surface area (Å²) in [6, 6.07) is 0. The third-order valence-corrected chi connectivity index (χ3v) is 8.40. The molecule has 0 saturated heterocycles. The fourth-order valence-electron chi connectivity index (χ4n) is 5.55. The van der Waals surface area contributed by atoms with Crippen molar-refractivity contribution in [3.63, 3.8) is 0 Å². The lowest BCUT2D eigenvalue weighted by Gasteiger charge is -2.31. The molecular weight excluding hydrogens is 483 g/mol. The standard InChI is InChI=1S/C33H63BN2O3/c1-7-9-10-13-16-19-28(8-2)22-23-30(37)35-26-24-33(5,6)39-27-25-32(3,4)36-31(38)34-29-20-17-14-11-12-15-18-21-29/h22-23,28-29,34H,7-21,24-27H2,1-6H3,(H,35,37)(H,36,38)/b23-22+. The Morgan fingerprint density at radius 2 is 1.56 bits per heavy atom. The molecule has 0 aromatic rings. The van der Waals surface area contributed by atoms with Crippen LogP contribution < -0.4 is 10.6 Å². The van der Waals surface area contributed by atoms with Crippen molar-refractivity contribution in [1.29, 1.82) is 0 Å². The van der Waals surface area contributed by atoms with Crippen LogP contribution >= 0.6 is 0 Å². The fraction of sp³-hybridized carbons (Fsp3) is 0.879. The molecule has 1 aliphatic rings. The molecular formula is C33H63BN2O3. The van der Waals surface area contributed by atoms with Crippen LogP contribution in [0.3, 0.4) is 0 Å². The summed E-state index contributed by atoms with van der Waals surface area (Å²) in [7, 11) is 0.655. The van der Waals surface area contributed by atoms with Gasteiger partial charge in [-0.25, -0.2) is 0 Å². The predicted octanol–water partition coefficient (Wildman–Crippen LogP) is 8.47. The van der Waals surface area contributed by atoms with E-state index >= 15 is 0 Å². The molecule has 6 heteroatoms. The van der Waals surface area contributed by atoms with E-state index in [9.17, 15) is 9.59 Å². The molecule has 0 aliphatic heterocycles. The van der Waals surface area contributed by atoms with E-state index < -0.39 is 0 Å². The Labute approximate surface area is 242 Å². The van der Waals surface area contributed by atoms with Crippen LogP contribution in [0.2, 0.25) is 5.82 Å². The zero-order valence-corrected chi connectivity index (χ0v) is 26.7. The van der Waals surface area contributed by atoms with Crippen molar-refractivity contribution in [2.24, 2.45) is 5.92 Å². The van der Waals surface area contributed by atoms with Gasteiger partial charge in [-0.05, 0) is 65.4 Å². The normalized spacial score (nSPS) is 16.8. The van der Waals surface area contributed by atoms with Crippen molar-refractivity contribution in [2.75, 3.05) is 13.2 Å². The molecule has 0 heterocycles. The predicted molar refractivity (Wildman–Crippen MR) is 169 cm³/mol. The average Bonchev–Trinajstić information content (AvgIpc) is 2.99. The first kappa shape index (κ1) is 35.7. The van der Waals surface area contributed by atoms with Gasteiger partial charge in [-0.15, -0.1) is 0 Å². The molecule has 1 fully saturated rings. The lowest BCUT2D eigenvalue weighted by atomic mass is 9.59. The molecule has 39 heavy (non-hydrogen) atoms. The van der Waals surface area contributed by atoms with Gasteiger partial charge in [0.25, 0.3) is 0 Å². The average molecular weight is 547 g/mol. The van der Waals surface area contributed by atoms with Crippen LogP contribution in [0.5, 0.6) is 0 Å². The second-order valence-electron chi connectivity index (χ2n) is 13.3. The van der Waals surface area contributed by atoms with Gasteiger partial charge in [0.2, 0.25) is 13.2 Å². The molecule has 2 amide bonds. The second kappa shape index (κ2) is 20.6. The van der Waals surface area contributed by atoms with Crippen LogP contribution in [0.25, 0.3) is 0 Å². The summed E-state index contributed by atoms with van der Waals surface area (Å²) in [5.74, 6) is 1.19. The molecule has 1 atom stereocenters. The van der Waals surface area contributed by atoms with Gasteiger partial charge in [0.15, 0.2) is 5.81 Å². The van der Waals surface area contributed by atoms with Gasteiger partial charge in [0.05, 0.1) is 5.60 Å². The molecule has 5 nitrogen and oxygen atoms in total. The minimum absolute atomic E-state index is 0.0148. The number of unbranched alkanes of at least 4 members (excludes halogenated alkanes) is 4. The highest BCUT2D eigenvalue weighted by Crippen LogP contribution is 2.26. The van der Waals surface area contributed by atoms with Crippen molar-refractivity contribution in [3.8, 4) is 0 Å². The zero-order valence-electron chi connectivity index (χ0n) is 26.7. The molecule has 2 N–H and O–H groups in total. The maximum Gasteiger partial charge on any atom is 0.243 e. The van der Waals surface area contributed by atoms with Crippen molar-refractivity contribution >= 4 is 19.0 Å². The number of rotatable bonds is 19. The molecule has 0 aromatic heterocycles. The van der Waals surface area contributed by atoms with E-state index in [1.54, 1.807) is 6.08 Å². The van der Waals surface area contributed by atoms with Crippen molar-refractivity contribution in [2.45, 2.75) is 168 Å². The van der Waals surface area contributed by atoms with Crippen molar-refractivity contribution in [1.82, 2.24) is 10.6 Å². The molecule has 1 rings (SSSR count). The van der Waals surface area contributed by atoms with Gasteiger partial charge in [0, 0.05) is 18.7 Å².